The molecule has 1 aliphatic heterocycles. The summed E-state index contributed by atoms with van der Waals surface area (Å²) in [5.74, 6) is 0. The van der Waals surface area contributed by atoms with E-state index >= 15 is 0 Å². The first-order chi connectivity index (χ1) is 7.81. The molecule has 2 atom stereocenters. The molecule has 0 aromatic heterocycles. The summed E-state index contributed by atoms with van der Waals surface area (Å²) < 4.78 is 11.4. The standard InChI is InChI=1S/C8H15BO2.C3H8.C2H6/c1-2-9-10-7-5-3-4-6-8(7)11-9;1-3-2;1-2/h7-8H,2-6H2,1H3;3H2,1-2H3;1-2H3/t7-,8+;;. The fourth-order valence-corrected chi connectivity index (χ4v) is 1.99. The maximum atomic E-state index is 5.69. The average molecular weight is 228 g/mol. The molecule has 0 aromatic rings. The third-order valence-corrected chi connectivity index (χ3v) is 2.63. The van der Waals surface area contributed by atoms with Gasteiger partial charge < -0.3 is 9.31 Å². The first-order valence-corrected chi connectivity index (χ1v) is 7.12. The zero-order valence-corrected chi connectivity index (χ0v) is 11.8. The molecule has 2 aliphatic rings. The Bertz CT molecular complexity index is 139. The predicted molar refractivity (Wildman–Crippen MR) is 71.8 cm³/mol. The summed E-state index contributed by atoms with van der Waals surface area (Å²) in [4.78, 5) is 0. The minimum absolute atomic E-state index is 0.100. The Kier molecular flexibility index (Phi) is 10.1. The van der Waals surface area contributed by atoms with Crippen LogP contribution in [0.3, 0.4) is 0 Å². The van der Waals surface area contributed by atoms with Gasteiger partial charge >= 0.3 is 7.12 Å². The maximum absolute atomic E-state index is 5.69. The largest absolute Gasteiger partial charge is 0.457 e. The molecular formula is C13H29BO2. The fourth-order valence-electron chi connectivity index (χ4n) is 1.99. The van der Waals surface area contributed by atoms with Gasteiger partial charge in [0, 0.05) is 0 Å². The van der Waals surface area contributed by atoms with Crippen LogP contribution in [0.15, 0.2) is 0 Å². The molecule has 0 aromatic carbocycles. The van der Waals surface area contributed by atoms with Gasteiger partial charge in [0.15, 0.2) is 0 Å². The first-order valence-electron chi connectivity index (χ1n) is 7.12. The van der Waals surface area contributed by atoms with Crippen molar-refractivity contribution >= 4 is 7.12 Å². The third kappa shape index (κ3) is 5.35. The highest BCUT2D eigenvalue weighted by Gasteiger charge is 2.39. The van der Waals surface area contributed by atoms with Crippen LogP contribution in [0, 0.1) is 0 Å². The second kappa shape index (κ2) is 10.2. The molecule has 0 bridgehead atoms. The van der Waals surface area contributed by atoms with Gasteiger partial charge in [-0.1, -0.05) is 53.9 Å². The highest BCUT2D eigenvalue weighted by atomic mass is 16.7. The fraction of sp³-hybridized carbons (Fsp3) is 1.00. The molecule has 0 amide bonds. The Morgan fingerprint density at radius 2 is 1.31 bits per heavy atom. The first kappa shape index (κ1) is 16.0. The van der Waals surface area contributed by atoms with E-state index in [4.69, 9.17) is 9.31 Å². The van der Waals surface area contributed by atoms with Crippen LogP contribution in [0.1, 0.15) is 66.7 Å². The highest BCUT2D eigenvalue weighted by molar-refractivity contribution is 6.45. The van der Waals surface area contributed by atoms with Crippen LogP contribution < -0.4 is 0 Å². The van der Waals surface area contributed by atoms with Gasteiger partial charge in [0.1, 0.15) is 0 Å². The summed E-state index contributed by atoms with van der Waals surface area (Å²) in [6.07, 6.45) is 8.15. The van der Waals surface area contributed by atoms with Gasteiger partial charge in [0.2, 0.25) is 0 Å². The van der Waals surface area contributed by atoms with E-state index in [1.165, 1.54) is 32.1 Å². The van der Waals surface area contributed by atoms with Gasteiger partial charge in [-0.15, -0.1) is 0 Å². The van der Waals surface area contributed by atoms with Crippen molar-refractivity contribution in [2.75, 3.05) is 0 Å². The predicted octanol–water partition coefficient (Wildman–Crippen LogP) is 4.30. The van der Waals surface area contributed by atoms with Crippen molar-refractivity contribution in [3.8, 4) is 0 Å². The molecule has 1 aliphatic carbocycles. The van der Waals surface area contributed by atoms with E-state index in [1.54, 1.807) is 0 Å². The Morgan fingerprint density at radius 3 is 1.62 bits per heavy atom. The smallest absolute Gasteiger partial charge is 0.406 e. The number of fused-ring (bicyclic) bond motifs is 1. The van der Waals surface area contributed by atoms with Crippen LogP contribution in [0.5, 0.6) is 0 Å². The number of rotatable bonds is 1. The molecular weight excluding hydrogens is 199 g/mol. The monoisotopic (exact) mass is 228 g/mol. The zero-order valence-electron chi connectivity index (χ0n) is 11.8. The van der Waals surface area contributed by atoms with Crippen molar-refractivity contribution in [3.05, 3.63) is 0 Å². The van der Waals surface area contributed by atoms with E-state index in [9.17, 15) is 0 Å². The Balaban J connectivity index is 0.000000394. The second-order valence-corrected chi connectivity index (χ2v) is 4.18. The van der Waals surface area contributed by atoms with Crippen molar-refractivity contribution in [3.63, 3.8) is 0 Å². The quantitative estimate of drug-likeness (QED) is 0.623. The number of hydrogen-bond donors (Lipinski definition) is 0. The van der Waals surface area contributed by atoms with E-state index < -0.39 is 0 Å². The lowest BCUT2D eigenvalue weighted by molar-refractivity contribution is 0.110. The van der Waals surface area contributed by atoms with Gasteiger partial charge in [-0.05, 0) is 19.2 Å². The summed E-state index contributed by atoms with van der Waals surface area (Å²) in [5.41, 5.74) is 0. The Morgan fingerprint density at radius 1 is 0.938 bits per heavy atom. The second-order valence-electron chi connectivity index (χ2n) is 4.18. The van der Waals surface area contributed by atoms with Gasteiger partial charge in [-0.25, -0.2) is 0 Å². The minimum Gasteiger partial charge on any atom is -0.406 e. The van der Waals surface area contributed by atoms with Crippen molar-refractivity contribution in [1.29, 1.82) is 0 Å². The zero-order chi connectivity index (χ0) is 12.4. The molecule has 96 valence electrons. The van der Waals surface area contributed by atoms with Crippen LogP contribution in [0.2, 0.25) is 6.32 Å². The summed E-state index contributed by atoms with van der Waals surface area (Å²) in [7, 11) is 0.100. The van der Waals surface area contributed by atoms with Crippen LogP contribution in [0.25, 0.3) is 0 Å². The molecule has 3 heteroatoms. The van der Waals surface area contributed by atoms with Gasteiger partial charge in [-0.2, -0.15) is 0 Å². The van der Waals surface area contributed by atoms with E-state index in [0.29, 0.717) is 12.2 Å². The summed E-state index contributed by atoms with van der Waals surface area (Å²) >= 11 is 0. The molecule has 2 nitrogen and oxygen atoms in total. The molecule has 2 rings (SSSR count). The Labute approximate surface area is 102 Å². The molecule has 0 unspecified atom stereocenters. The highest BCUT2D eigenvalue weighted by Crippen LogP contribution is 2.30. The summed E-state index contributed by atoms with van der Waals surface area (Å²) in [6.45, 7) is 10.4. The minimum atomic E-state index is 0.100. The van der Waals surface area contributed by atoms with Crippen molar-refractivity contribution in [1.82, 2.24) is 0 Å². The van der Waals surface area contributed by atoms with Crippen molar-refractivity contribution in [2.45, 2.75) is 85.3 Å². The average Bonchev–Trinajstić information content (AvgIpc) is 2.75. The van der Waals surface area contributed by atoms with Crippen LogP contribution in [-0.4, -0.2) is 19.3 Å². The van der Waals surface area contributed by atoms with Gasteiger partial charge in [-0.3, -0.25) is 0 Å². The van der Waals surface area contributed by atoms with Gasteiger partial charge in [0.25, 0.3) is 0 Å². The SMILES string of the molecule is CC.CCB1O[C@H]2CCCC[C@H]2O1.CCC. The molecule has 0 radical (unpaired) electrons. The van der Waals surface area contributed by atoms with E-state index in [-0.39, 0.29) is 7.12 Å². The van der Waals surface area contributed by atoms with Crippen LogP contribution >= 0.6 is 0 Å². The topological polar surface area (TPSA) is 18.5 Å². The lowest BCUT2D eigenvalue weighted by Gasteiger charge is -2.22. The molecule has 1 heterocycles. The molecule has 16 heavy (non-hydrogen) atoms. The lowest BCUT2D eigenvalue weighted by atomic mass is 9.87. The van der Waals surface area contributed by atoms with E-state index in [2.05, 4.69) is 20.8 Å². The Hall–Kier alpha value is -0.0151. The normalized spacial score (nSPS) is 27.2. The molecule has 0 N–H and O–H groups in total. The molecule has 1 saturated heterocycles. The lowest BCUT2D eigenvalue weighted by Crippen LogP contribution is -2.25. The molecule has 1 saturated carbocycles. The van der Waals surface area contributed by atoms with Crippen molar-refractivity contribution in [2.24, 2.45) is 0 Å². The van der Waals surface area contributed by atoms with E-state index in [0.717, 1.165) is 6.32 Å². The molecule has 0 spiro atoms. The van der Waals surface area contributed by atoms with Crippen molar-refractivity contribution < 1.29 is 9.31 Å². The van der Waals surface area contributed by atoms with E-state index in [1.807, 2.05) is 13.8 Å². The van der Waals surface area contributed by atoms with Crippen LogP contribution in [-0.2, 0) is 9.31 Å². The maximum Gasteiger partial charge on any atom is 0.457 e. The summed E-state index contributed by atoms with van der Waals surface area (Å²) in [6, 6.07) is 0. The summed E-state index contributed by atoms with van der Waals surface area (Å²) in [5, 5.41) is 0. The van der Waals surface area contributed by atoms with Gasteiger partial charge in [0.05, 0.1) is 12.2 Å². The van der Waals surface area contributed by atoms with Crippen LogP contribution in [0.4, 0.5) is 0 Å². The molecule has 2 fully saturated rings. The third-order valence-electron chi connectivity index (χ3n) is 2.63. The number of hydrogen-bond acceptors (Lipinski definition) is 2.